The van der Waals surface area contributed by atoms with Crippen LogP contribution in [0, 0.1) is 0 Å². The first kappa shape index (κ1) is 14.6. The van der Waals surface area contributed by atoms with Crippen LogP contribution >= 0.6 is 0 Å². The molecule has 0 heterocycles. The van der Waals surface area contributed by atoms with Gasteiger partial charge in [0.05, 0.1) is 5.56 Å². The van der Waals surface area contributed by atoms with E-state index >= 15 is 0 Å². The minimum atomic E-state index is -0.559. The van der Waals surface area contributed by atoms with Crippen molar-refractivity contribution in [3.05, 3.63) is 58.7 Å². The molecule has 2 rings (SSSR count). The highest BCUT2D eigenvalue weighted by molar-refractivity contribution is 5.99. The average Bonchev–Trinajstić information content (AvgIpc) is 2.42. The quantitative estimate of drug-likeness (QED) is 0.586. The van der Waals surface area contributed by atoms with Gasteiger partial charge in [0.25, 0.3) is 5.91 Å². The van der Waals surface area contributed by atoms with Crippen molar-refractivity contribution < 1.29 is 9.59 Å². The molecule has 5 nitrogen and oxygen atoms in total. The minimum Gasteiger partial charge on any atom is -0.398 e. The van der Waals surface area contributed by atoms with E-state index in [2.05, 4.69) is 0 Å². The lowest BCUT2D eigenvalue weighted by Gasteiger charge is -2.08. The second kappa shape index (κ2) is 5.66. The number of primary amides is 1. The molecule has 0 atom stereocenters. The second-order valence-corrected chi connectivity index (χ2v) is 4.94. The Labute approximate surface area is 122 Å². The van der Waals surface area contributed by atoms with E-state index in [9.17, 15) is 9.59 Å². The predicted molar refractivity (Wildman–Crippen MR) is 83.0 cm³/mol. The normalized spacial score (nSPS) is 10.3. The molecule has 0 spiro atoms. The molecule has 1 amide bonds. The van der Waals surface area contributed by atoms with Gasteiger partial charge in [0.15, 0.2) is 5.78 Å². The molecule has 2 aromatic rings. The van der Waals surface area contributed by atoms with Crippen LogP contribution < -0.4 is 17.2 Å². The zero-order valence-electron chi connectivity index (χ0n) is 11.7. The number of nitrogen functional groups attached to an aromatic ring is 2. The number of benzene rings is 2. The molecule has 0 fully saturated rings. The van der Waals surface area contributed by atoms with E-state index in [4.69, 9.17) is 17.2 Å². The molecule has 0 aromatic heterocycles. The van der Waals surface area contributed by atoms with Gasteiger partial charge in [-0.15, -0.1) is 0 Å². The highest BCUT2D eigenvalue weighted by atomic mass is 16.1. The van der Waals surface area contributed by atoms with E-state index in [1.165, 1.54) is 6.92 Å². The summed E-state index contributed by atoms with van der Waals surface area (Å²) in [5.41, 5.74) is 20.2. The molecule has 0 aliphatic heterocycles. The van der Waals surface area contributed by atoms with E-state index in [0.717, 1.165) is 11.1 Å². The van der Waals surface area contributed by atoms with Crippen molar-refractivity contribution >= 4 is 23.1 Å². The van der Waals surface area contributed by atoms with Crippen molar-refractivity contribution in [1.82, 2.24) is 0 Å². The number of hydrogen-bond acceptors (Lipinski definition) is 4. The smallest absolute Gasteiger partial charge is 0.250 e. The van der Waals surface area contributed by atoms with Crippen molar-refractivity contribution in [3.8, 4) is 0 Å². The molecule has 5 heteroatoms. The SMILES string of the molecule is CC(=O)c1cc(Cc2ccc(N)c(C(N)=O)c2)ccc1N. The minimum absolute atomic E-state index is 0.0792. The maximum Gasteiger partial charge on any atom is 0.250 e. The van der Waals surface area contributed by atoms with Crippen LogP contribution in [-0.4, -0.2) is 11.7 Å². The molecule has 0 aliphatic rings. The first-order chi connectivity index (χ1) is 9.88. The highest BCUT2D eigenvalue weighted by Gasteiger charge is 2.09. The van der Waals surface area contributed by atoms with E-state index in [0.29, 0.717) is 28.9 Å². The van der Waals surface area contributed by atoms with E-state index < -0.39 is 5.91 Å². The Morgan fingerprint density at radius 3 is 1.86 bits per heavy atom. The molecule has 0 saturated carbocycles. The van der Waals surface area contributed by atoms with Crippen LogP contribution in [0.3, 0.4) is 0 Å². The zero-order valence-corrected chi connectivity index (χ0v) is 11.7. The van der Waals surface area contributed by atoms with Gasteiger partial charge in [0.2, 0.25) is 0 Å². The fraction of sp³-hybridized carbons (Fsp3) is 0.125. The molecule has 0 unspecified atom stereocenters. The van der Waals surface area contributed by atoms with Crippen LogP contribution in [0.15, 0.2) is 36.4 Å². The van der Waals surface area contributed by atoms with Gasteiger partial charge in [-0.3, -0.25) is 9.59 Å². The van der Waals surface area contributed by atoms with Crippen LogP contribution in [0.25, 0.3) is 0 Å². The molecule has 0 radical (unpaired) electrons. The summed E-state index contributed by atoms with van der Waals surface area (Å²) in [6, 6.07) is 10.5. The molecule has 6 N–H and O–H groups in total. The lowest BCUT2D eigenvalue weighted by Crippen LogP contribution is -2.14. The van der Waals surface area contributed by atoms with Gasteiger partial charge in [0.1, 0.15) is 0 Å². The molecule has 21 heavy (non-hydrogen) atoms. The number of rotatable bonds is 4. The average molecular weight is 283 g/mol. The highest BCUT2D eigenvalue weighted by Crippen LogP contribution is 2.20. The Hall–Kier alpha value is -2.82. The first-order valence-corrected chi connectivity index (χ1v) is 6.46. The molecular weight excluding hydrogens is 266 g/mol. The standard InChI is InChI=1S/C16H17N3O2/c1-9(20)12-7-10(2-4-14(12)17)6-11-3-5-15(18)13(8-11)16(19)21/h2-5,7-8H,6,17-18H2,1H3,(H2,19,21). The number of hydrogen-bond donors (Lipinski definition) is 3. The maximum atomic E-state index is 11.5. The molecule has 0 bridgehead atoms. The van der Waals surface area contributed by atoms with Gasteiger partial charge in [0, 0.05) is 16.9 Å². The lowest BCUT2D eigenvalue weighted by molar-refractivity contribution is 0.0997. The van der Waals surface area contributed by atoms with Gasteiger partial charge in [-0.05, 0) is 48.7 Å². The van der Waals surface area contributed by atoms with Crippen LogP contribution in [0.4, 0.5) is 11.4 Å². The molecule has 108 valence electrons. The number of amides is 1. The lowest BCUT2D eigenvalue weighted by atomic mass is 9.98. The number of ketones is 1. The Morgan fingerprint density at radius 1 is 0.905 bits per heavy atom. The molecule has 2 aromatic carbocycles. The van der Waals surface area contributed by atoms with Crippen molar-refractivity contribution in [2.24, 2.45) is 5.73 Å². The number of Topliss-reactive ketones (excluding diaryl/α,β-unsaturated/α-hetero) is 1. The third-order valence-electron chi connectivity index (χ3n) is 3.29. The Morgan fingerprint density at radius 2 is 1.38 bits per heavy atom. The predicted octanol–water partition coefficient (Wildman–Crippen LogP) is 1.74. The summed E-state index contributed by atoms with van der Waals surface area (Å²) in [7, 11) is 0. The van der Waals surface area contributed by atoms with Crippen molar-refractivity contribution in [1.29, 1.82) is 0 Å². The number of anilines is 2. The summed E-state index contributed by atoms with van der Waals surface area (Å²) in [4.78, 5) is 22.8. The Bertz CT molecular complexity index is 662. The van der Waals surface area contributed by atoms with Crippen molar-refractivity contribution in [3.63, 3.8) is 0 Å². The number of carbonyl (C=O) groups is 2. The zero-order chi connectivity index (χ0) is 15.6. The fourth-order valence-electron chi connectivity index (χ4n) is 2.18. The van der Waals surface area contributed by atoms with Crippen molar-refractivity contribution in [2.75, 3.05) is 11.5 Å². The summed E-state index contributed by atoms with van der Waals surface area (Å²) in [5.74, 6) is -0.638. The summed E-state index contributed by atoms with van der Waals surface area (Å²) in [6.07, 6.45) is 0.557. The fourth-order valence-corrected chi connectivity index (χ4v) is 2.18. The second-order valence-electron chi connectivity index (χ2n) is 4.94. The van der Waals surface area contributed by atoms with Crippen LogP contribution in [0.5, 0.6) is 0 Å². The van der Waals surface area contributed by atoms with E-state index in [1.54, 1.807) is 24.3 Å². The Balaban J connectivity index is 2.34. The number of nitrogens with two attached hydrogens (primary N) is 3. The summed E-state index contributed by atoms with van der Waals surface area (Å²) >= 11 is 0. The first-order valence-electron chi connectivity index (χ1n) is 6.46. The van der Waals surface area contributed by atoms with E-state index in [-0.39, 0.29) is 5.78 Å². The number of carbonyl (C=O) groups excluding carboxylic acids is 2. The third-order valence-corrected chi connectivity index (χ3v) is 3.29. The van der Waals surface area contributed by atoms with Gasteiger partial charge in [-0.2, -0.15) is 0 Å². The van der Waals surface area contributed by atoms with Gasteiger partial charge >= 0.3 is 0 Å². The van der Waals surface area contributed by atoms with Crippen LogP contribution in [0.1, 0.15) is 38.8 Å². The molecule has 0 saturated heterocycles. The summed E-state index contributed by atoms with van der Waals surface area (Å²) in [5, 5.41) is 0. The largest absolute Gasteiger partial charge is 0.398 e. The van der Waals surface area contributed by atoms with Crippen molar-refractivity contribution in [2.45, 2.75) is 13.3 Å². The van der Waals surface area contributed by atoms with Gasteiger partial charge < -0.3 is 17.2 Å². The van der Waals surface area contributed by atoms with Gasteiger partial charge in [-0.25, -0.2) is 0 Å². The van der Waals surface area contributed by atoms with E-state index in [1.807, 2.05) is 12.1 Å². The topological polar surface area (TPSA) is 112 Å². The summed E-state index contributed by atoms with van der Waals surface area (Å²) in [6.45, 7) is 1.48. The Kier molecular flexibility index (Phi) is 3.93. The maximum absolute atomic E-state index is 11.5. The monoisotopic (exact) mass is 283 g/mol. The van der Waals surface area contributed by atoms with Crippen LogP contribution in [0.2, 0.25) is 0 Å². The molecule has 0 aliphatic carbocycles. The third kappa shape index (κ3) is 3.20. The van der Waals surface area contributed by atoms with Crippen LogP contribution in [-0.2, 0) is 6.42 Å². The van der Waals surface area contributed by atoms with Gasteiger partial charge in [-0.1, -0.05) is 12.1 Å². The molecular formula is C16H17N3O2. The summed E-state index contributed by atoms with van der Waals surface area (Å²) < 4.78 is 0.